The van der Waals surface area contributed by atoms with Gasteiger partial charge in [0.15, 0.2) is 0 Å². The highest BCUT2D eigenvalue weighted by Crippen LogP contribution is 2.37. The van der Waals surface area contributed by atoms with Crippen molar-refractivity contribution in [3.8, 4) is 11.6 Å². The van der Waals surface area contributed by atoms with Crippen LogP contribution in [0.25, 0.3) is 11.0 Å². The monoisotopic (exact) mass is 503 g/mol. The maximum absolute atomic E-state index is 6.33. The molecule has 1 unspecified atom stereocenters. The first-order valence-electron chi connectivity index (χ1n) is 13.1. The number of nitrogens with zero attached hydrogens (tertiary/aromatic N) is 3. The van der Waals surface area contributed by atoms with Gasteiger partial charge in [0.05, 0.1) is 11.0 Å². The number of benzene rings is 3. The molecule has 192 valence electrons. The zero-order valence-corrected chi connectivity index (χ0v) is 22.3. The van der Waals surface area contributed by atoms with Gasteiger partial charge in [-0.05, 0) is 59.4 Å². The van der Waals surface area contributed by atoms with E-state index in [4.69, 9.17) is 9.72 Å². The van der Waals surface area contributed by atoms with Crippen molar-refractivity contribution >= 4 is 22.7 Å². The van der Waals surface area contributed by atoms with Crippen molar-refractivity contribution in [2.45, 2.75) is 52.2 Å². The number of aromatic nitrogens is 3. The molecule has 0 saturated carbocycles. The zero-order chi connectivity index (χ0) is 26.3. The fraction of sp³-hybridized carbons (Fsp3) is 0.250. The lowest BCUT2D eigenvalue weighted by molar-refractivity contribution is 0.215. The Bertz CT molecular complexity index is 1570. The smallest absolute Gasteiger partial charge is 0.243 e. The number of hydrogen-bond donors (Lipinski definition) is 2. The second kappa shape index (κ2) is 9.62. The van der Waals surface area contributed by atoms with E-state index in [2.05, 4.69) is 96.4 Å². The van der Waals surface area contributed by atoms with E-state index < -0.39 is 0 Å². The van der Waals surface area contributed by atoms with E-state index in [0.717, 1.165) is 41.1 Å². The average Bonchev–Trinajstić information content (AvgIpc) is 3.52. The van der Waals surface area contributed by atoms with Crippen LogP contribution in [0.15, 0.2) is 85.1 Å². The number of H-pyrrole nitrogens is 1. The first kappa shape index (κ1) is 24.2. The highest BCUT2D eigenvalue weighted by atomic mass is 16.5. The Kier molecular flexibility index (Phi) is 6.12. The van der Waals surface area contributed by atoms with Crippen LogP contribution in [0.3, 0.4) is 0 Å². The molecular formula is C32H33N5O. The maximum atomic E-state index is 6.33. The van der Waals surface area contributed by atoms with Crippen LogP contribution in [0.5, 0.6) is 11.6 Å². The molecule has 0 saturated heterocycles. The normalized spacial score (nSPS) is 14.4. The van der Waals surface area contributed by atoms with Crippen molar-refractivity contribution in [2.75, 3.05) is 5.32 Å². The Hall–Kier alpha value is -4.16. The molecular weight excluding hydrogens is 470 g/mol. The number of imidazole rings is 1. The summed E-state index contributed by atoms with van der Waals surface area (Å²) in [5.41, 5.74) is 7.85. The predicted octanol–water partition coefficient (Wildman–Crippen LogP) is 7.87. The third-order valence-corrected chi connectivity index (χ3v) is 7.33. The van der Waals surface area contributed by atoms with E-state index in [0.29, 0.717) is 17.9 Å². The Morgan fingerprint density at radius 3 is 2.42 bits per heavy atom. The quantitative estimate of drug-likeness (QED) is 0.247. The molecule has 0 aliphatic carbocycles. The van der Waals surface area contributed by atoms with E-state index in [1.54, 1.807) is 6.20 Å². The van der Waals surface area contributed by atoms with Gasteiger partial charge in [0, 0.05) is 30.9 Å². The molecule has 1 atom stereocenters. The minimum atomic E-state index is -0.0512. The highest BCUT2D eigenvalue weighted by molar-refractivity contribution is 5.79. The summed E-state index contributed by atoms with van der Waals surface area (Å²) in [6, 6.07) is 27.5. The molecule has 38 heavy (non-hydrogen) atoms. The number of rotatable bonds is 6. The summed E-state index contributed by atoms with van der Waals surface area (Å²) in [7, 11) is 0. The van der Waals surface area contributed by atoms with Crippen LogP contribution in [0.1, 0.15) is 56.0 Å². The number of aromatic amines is 1. The summed E-state index contributed by atoms with van der Waals surface area (Å²) < 4.78 is 6.33. The topological polar surface area (TPSA) is 66.1 Å². The molecule has 1 aliphatic heterocycles. The first-order chi connectivity index (χ1) is 18.3. The number of pyridine rings is 1. The second-order valence-corrected chi connectivity index (χ2v) is 11.0. The largest absolute Gasteiger partial charge is 0.437 e. The van der Waals surface area contributed by atoms with Crippen LogP contribution < -0.4 is 10.1 Å². The summed E-state index contributed by atoms with van der Waals surface area (Å²) in [5.74, 6) is 1.96. The highest BCUT2D eigenvalue weighted by Gasteiger charge is 2.24. The molecule has 2 aromatic heterocycles. The number of fused-ring (bicyclic) bond motifs is 2. The van der Waals surface area contributed by atoms with Crippen LogP contribution >= 0.6 is 0 Å². The standard InChI is InChI=1S/C32H33N5O/c1-21(37-19-23-10-5-6-11-24(23)20-37)22-15-16-26-28(18-22)36-31(34-26)35-27-13-9-17-33-30(27)38-29-14-8-7-12-25(29)32(2,3)4/h5-18,21H,19-20H2,1-4H3,(H2,34,35,36). The van der Waals surface area contributed by atoms with Gasteiger partial charge in [0.1, 0.15) is 11.4 Å². The molecule has 3 heterocycles. The van der Waals surface area contributed by atoms with E-state index in [9.17, 15) is 0 Å². The van der Waals surface area contributed by atoms with Gasteiger partial charge < -0.3 is 15.0 Å². The van der Waals surface area contributed by atoms with E-state index in [1.807, 2.05) is 30.3 Å². The van der Waals surface area contributed by atoms with Gasteiger partial charge in [0.25, 0.3) is 0 Å². The Morgan fingerprint density at radius 2 is 1.66 bits per heavy atom. The van der Waals surface area contributed by atoms with Gasteiger partial charge in [-0.25, -0.2) is 9.97 Å². The Morgan fingerprint density at radius 1 is 0.921 bits per heavy atom. The summed E-state index contributed by atoms with van der Waals surface area (Å²) in [6.07, 6.45) is 1.74. The fourth-order valence-electron chi connectivity index (χ4n) is 5.16. The molecule has 0 fully saturated rings. The fourth-order valence-corrected chi connectivity index (χ4v) is 5.16. The lowest BCUT2D eigenvalue weighted by Gasteiger charge is -2.24. The van der Waals surface area contributed by atoms with E-state index in [-0.39, 0.29) is 5.41 Å². The summed E-state index contributed by atoms with van der Waals surface area (Å²) in [4.78, 5) is 15.3. The van der Waals surface area contributed by atoms with Gasteiger partial charge in [-0.3, -0.25) is 4.90 Å². The number of ether oxygens (including phenoxy) is 1. The van der Waals surface area contributed by atoms with Crippen molar-refractivity contribution in [3.05, 3.63) is 107 Å². The van der Waals surface area contributed by atoms with Crippen molar-refractivity contribution in [2.24, 2.45) is 0 Å². The first-order valence-corrected chi connectivity index (χ1v) is 13.1. The lowest BCUT2D eigenvalue weighted by atomic mass is 9.86. The van der Waals surface area contributed by atoms with Crippen LogP contribution in [0, 0.1) is 0 Å². The third-order valence-electron chi connectivity index (χ3n) is 7.33. The summed E-state index contributed by atoms with van der Waals surface area (Å²) in [5, 5.41) is 3.39. The average molecular weight is 504 g/mol. The van der Waals surface area contributed by atoms with Crippen LogP contribution in [-0.2, 0) is 18.5 Å². The molecule has 0 radical (unpaired) electrons. The molecule has 6 nitrogen and oxygen atoms in total. The summed E-state index contributed by atoms with van der Waals surface area (Å²) >= 11 is 0. The molecule has 6 heteroatoms. The van der Waals surface area contributed by atoms with Crippen molar-refractivity contribution in [1.29, 1.82) is 0 Å². The maximum Gasteiger partial charge on any atom is 0.243 e. The molecule has 0 bridgehead atoms. The number of hydrogen-bond acceptors (Lipinski definition) is 5. The minimum absolute atomic E-state index is 0.0512. The Balaban J connectivity index is 1.23. The van der Waals surface area contributed by atoms with Crippen LogP contribution in [-0.4, -0.2) is 19.9 Å². The van der Waals surface area contributed by atoms with Crippen LogP contribution in [0.2, 0.25) is 0 Å². The minimum Gasteiger partial charge on any atom is -0.437 e. The number of para-hydroxylation sites is 1. The molecule has 3 aromatic carbocycles. The van der Waals surface area contributed by atoms with E-state index in [1.165, 1.54) is 16.7 Å². The van der Waals surface area contributed by atoms with Crippen molar-refractivity contribution in [3.63, 3.8) is 0 Å². The molecule has 0 spiro atoms. The van der Waals surface area contributed by atoms with Crippen molar-refractivity contribution < 1.29 is 4.74 Å². The van der Waals surface area contributed by atoms with Gasteiger partial charge >= 0.3 is 0 Å². The number of anilines is 2. The lowest BCUT2D eigenvalue weighted by Crippen LogP contribution is -2.20. The van der Waals surface area contributed by atoms with Gasteiger partial charge in [0.2, 0.25) is 11.8 Å². The van der Waals surface area contributed by atoms with Gasteiger partial charge in [-0.2, -0.15) is 0 Å². The van der Waals surface area contributed by atoms with Crippen LogP contribution in [0.4, 0.5) is 11.6 Å². The third kappa shape index (κ3) is 4.75. The van der Waals surface area contributed by atoms with Gasteiger partial charge in [-0.15, -0.1) is 0 Å². The van der Waals surface area contributed by atoms with Gasteiger partial charge in [-0.1, -0.05) is 69.3 Å². The Labute approximate surface area is 223 Å². The number of nitrogens with one attached hydrogen (secondary N) is 2. The van der Waals surface area contributed by atoms with Crippen molar-refractivity contribution in [1.82, 2.24) is 19.9 Å². The second-order valence-electron chi connectivity index (χ2n) is 11.0. The SMILES string of the molecule is CC(c1ccc2nc(Nc3cccnc3Oc3ccccc3C(C)(C)C)[nH]c2c1)N1Cc2ccccc2C1. The molecule has 0 amide bonds. The molecule has 5 aromatic rings. The summed E-state index contributed by atoms with van der Waals surface area (Å²) in [6.45, 7) is 10.8. The molecule has 1 aliphatic rings. The van der Waals surface area contributed by atoms with E-state index >= 15 is 0 Å². The predicted molar refractivity (Wildman–Crippen MR) is 153 cm³/mol. The zero-order valence-electron chi connectivity index (χ0n) is 22.3. The molecule has 6 rings (SSSR count). The molecule has 2 N–H and O–H groups in total.